The molecule has 32 heavy (non-hydrogen) atoms. The summed E-state index contributed by atoms with van der Waals surface area (Å²) in [7, 11) is 0. The minimum atomic E-state index is 0.0960. The number of nitrogens with one attached hydrogen (secondary N) is 1. The van der Waals surface area contributed by atoms with Crippen LogP contribution in [0.2, 0.25) is 0 Å². The van der Waals surface area contributed by atoms with E-state index in [1.165, 1.54) is 22.4 Å². The average Bonchev–Trinajstić information content (AvgIpc) is 2.83. The second kappa shape index (κ2) is 10.9. The number of piperazine rings is 1. The SMILES string of the molecule is CCc1cccc(N2CCN(CCCCOc3ccc4c(c3)NC(=O)CC4)CC2)c1CC. The van der Waals surface area contributed by atoms with Gasteiger partial charge in [0, 0.05) is 50.0 Å². The van der Waals surface area contributed by atoms with Crippen molar-refractivity contribution in [2.75, 3.05) is 49.5 Å². The average molecular weight is 436 g/mol. The number of carbonyl (C=O) groups excluding carboxylic acids is 1. The minimum Gasteiger partial charge on any atom is -0.494 e. The molecule has 172 valence electrons. The number of ether oxygens (including phenoxy) is 1. The van der Waals surface area contributed by atoms with Gasteiger partial charge >= 0.3 is 0 Å². The summed E-state index contributed by atoms with van der Waals surface area (Å²) in [5.41, 5.74) is 6.58. The van der Waals surface area contributed by atoms with Crippen molar-refractivity contribution >= 4 is 17.3 Å². The Morgan fingerprint density at radius 1 is 0.969 bits per heavy atom. The molecule has 0 radical (unpaired) electrons. The molecule has 2 aliphatic heterocycles. The third-order valence-electron chi connectivity index (χ3n) is 6.81. The molecule has 4 rings (SSSR count). The molecule has 2 heterocycles. The van der Waals surface area contributed by atoms with Crippen LogP contribution in [0.15, 0.2) is 36.4 Å². The Labute approximate surface area is 192 Å². The summed E-state index contributed by atoms with van der Waals surface area (Å²) in [6.45, 7) is 10.9. The van der Waals surface area contributed by atoms with Crippen LogP contribution < -0.4 is 15.0 Å². The molecule has 0 unspecified atom stereocenters. The fourth-order valence-corrected chi connectivity index (χ4v) is 4.94. The van der Waals surface area contributed by atoms with Crippen molar-refractivity contribution in [1.29, 1.82) is 0 Å². The second-order valence-corrected chi connectivity index (χ2v) is 8.87. The van der Waals surface area contributed by atoms with E-state index in [9.17, 15) is 4.79 Å². The third kappa shape index (κ3) is 5.44. The van der Waals surface area contributed by atoms with Gasteiger partial charge in [-0.05, 0) is 67.5 Å². The molecule has 1 fully saturated rings. The van der Waals surface area contributed by atoms with Crippen LogP contribution >= 0.6 is 0 Å². The molecule has 2 aromatic rings. The van der Waals surface area contributed by atoms with Crippen LogP contribution in [0.3, 0.4) is 0 Å². The van der Waals surface area contributed by atoms with Gasteiger partial charge in [-0.15, -0.1) is 0 Å². The number of fused-ring (bicyclic) bond motifs is 1. The fourth-order valence-electron chi connectivity index (χ4n) is 4.94. The van der Waals surface area contributed by atoms with E-state index in [0.717, 1.165) is 82.9 Å². The van der Waals surface area contributed by atoms with Gasteiger partial charge in [-0.3, -0.25) is 9.69 Å². The van der Waals surface area contributed by atoms with Crippen LogP contribution in [-0.4, -0.2) is 50.1 Å². The van der Waals surface area contributed by atoms with Crippen LogP contribution in [0.25, 0.3) is 0 Å². The number of unbranched alkanes of at least 4 members (excludes halogenated alkanes) is 1. The van der Waals surface area contributed by atoms with E-state index < -0.39 is 0 Å². The summed E-state index contributed by atoms with van der Waals surface area (Å²) in [4.78, 5) is 16.7. The summed E-state index contributed by atoms with van der Waals surface area (Å²) < 4.78 is 5.94. The third-order valence-corrected chi connectivity index (χ3v) is 6.81. The zero-order chi connectivity index (χ0) is 22.3. The highest BCUT2D eigenvalue weighted by atomic mass is 16.5. The number of rotatable bonds is 9. The first-order chi connectivity index (χ1) is 15.7. The maximum absolute atomic E-state index is 11.6. The van der Waals surface area contributed by atoms with Gasteiger partial charge in [-0.25, -0.2) is 0 Å². The van der Waals surface area contributed by atoms with Gasteiger partial charge in [0.25, 0.3) is 0 Å². The highest BCUT2D eigenvalue weighted by Gasteiger charge is 2.19. The molecule has 5 nitrogen and oxygen atoms in total. The maximum Gasteiger partial charge on any atom is 0.224 e. The number of benzene rings is 2. The van der Waals surface area contributed by atoms with Gasteiger partial charge < -0.3 is 15.0 Å². The normalized spacial score (nSPS) is 16.6. The summed E-state index contributed by atoms with van der Waals surface area (Å²) in [6.07, 6.45) is 5.80. The Morgan fingerprint density at radius 2 is 1.81 bits per heavy atom. The van der Waals surface area contributed by atoms with Crippen molar-refractivity contribution in [2.24, 2.45) is 0 Å². The number of hydrogen-bond donors (Lipinski definition) is 1. The molecule has 0 aliphatic carbocycles. The molecule has 2 aromatic carbocycles. The Morgan fingerprint density at radius 3 is 2.59 bits per heavy atom. The molecule has 0 atom stereocenters. The Balaban J connectivity index is 1.17. The molecule has 1 amide bonds. The van der Waals surface area contributed by atoms with Gasteiger partial charge in [0.2, 0.25) is 5.91 Å². The number of amides is 1. The number of anilines is 2. The lowest BCUT2D eigenvalue weighted by molar-refractivity contribution is -0.116. The molecule has 0 bridgehead atoms. The predicted octanol–water partition coefficient (Wildman–Crippen LogP) is 4.68. The predicted molar refractivity (Wildman–Crippen MR) is 132 cm³/mol. The Kier molecular flexibility index (Phi) is 7.69. The quantitative estimate of drug-likeness (QED) is 0.581. The summed E-state index contributed by atoms with van der Waals surface area (Å²) >= 11 is 0. The van der Waals surface area contributed by atoms with Crippen molar-refractivity contribution < 1.29 is 9.53 Å². The molecular weight excluding hydrogens is 398 g/mol. The maximum atomic E-state index is 11.6. The van der Waals surface area contributed by atoms with Crippen molar-refractivity contribution in [3.63, 3.8) is 0 Å². The van der Waals surface area contributed by atoms with Gasteiger partial charge in [0.05, 0.1) is 6.61 Å². The Bertz CT molecular complexity index is 919. The van der Waals surface area contributed by atoms with Crippen LogP contribution in [0, 0.1) is 0 Å². The van der Waals surface area contributed by atoms with Crippen molar-refractivity contribution in [1.82, 2.24) is 4.90 Å². The van der Waals surface area contributed by atoms with Crippen molar-refractivity contribution in [3.05, 3.63) is 53.1 Å². The molecular formula is C27H37N3O2. The smallest absolute Gasteiger partial charge is 0.224 e. The van der Waals surface area contributed by atoms with Crippen LogP contribution in [-0.2, 0) is 24.1 Å². The molecule has 2 aliphatic rings. The number of aryl methyl sites for hydroxylation is 2. The highest BCUT2D eigenvalue weighted by molar-refractivity contribution is 5.94. The van der Waals surface area contributed by atoms with Gasteiger partial charge in [0.1, 0.15) is 5.75 Å². The van der Waals surface area contributed by atoms with Gasteiger partial charge in [-0.2, -0.15) is 0 Å². The van der Waals surface area contributed by atoms with E-state index in [4.69, 9.17) is 4.74 Å². The monoisotopic (exact) mass is 435 g/mol. The van der Waals surface area contributed by atoms with E-state index in [1.54, 1.807) is 0 Å². The summed E-state index contributed by atoms with van der Waals surface area (Å²) in [5.74, 6) is 0.944. The highest BCUT2D eigenvalue weighted by Crippen LogP contribution is 2.28. The Hall–Kier alpha value is -2.53. The lowest BCUT2D eigenvalue weighted by Crippen LogP contribution is -2.47. The second-order valence-electron chi connectivity index (χ2n) is 8.87. The van der Waals surface area contributed by atoms with E-state index in [1.807, 2.05) is 12.1 Å². The van der Waals surface area contributed by atoms with Crippen molar-refractivity contribution in [3.8, 4) is 5.75 Å². The zero-order valence-electron chi connectivity index (χ0n) is 19.7. The van der Waals surface area contributed by atoms with E-state index in [0.29, 0.717) is 6.42 Å². The lowest BCUT2D eigenvalue weighted by atomic mass is 10.00. The first-order valence-electron chi connectivity index (χ1n) is 12.3. The number of hydrogen-bond acceptors (Lipinski definition) is 4. The number of nitrogens with zero attached hydrogens (tertiary/aromatic N) is 2. The number of carbonyl (C=O) groups is 1. The summed E-state index contributed by atoms with van der Waals surface area (Å²) in [6, 6.07) is 12.9. The molecule has 5 heteroatoms. The first kappa shape index (κ1) is 22.7. The topological polar surface area (TPSA) is 44.8 Å². The molecule has 1 N–H and O–H groups in total. The van der Waals surface area contributed by atoms with Crippen LogP contribution in [0.4, 0.5) is 11.4 Å². The van der Waals surface area contributed by atoms with Crippen LogP contribution in [0.5, 0.6) is 5.75 Å². The largest absolute Gasteiger partial charge is 0.494 e. The fraction of sp³-hybridized carbons (Fsp3) is 0.519. The van der Waals surface area contributed by atoms with Gasteiger partial charge in [-0.1, -0.05) is 32.0 Å². The molecule has 0 aromatic heterocycles. The standard InChI is InChI=1S/C27H37N3O2/c1-3-21-8-7-9-26(24(21)4-2)30-17-15-29(16-18-30)14-5-6-19-32-23-12-10-22-11-13-27(31)28-25(22)20-23/h7-10,12,20H,3-6,11,13-19H2,1-2H3,(H,28,31). The zero-order valence-corrected chi connectivity index (χ0v) is 19.7. The van der Waals surface area contributed by atoms with E-state index in [-0.39, 0.29) is 5.91 Å². The molecule has 0 spiro atoms. The van der Waals surface area contributed by atoms with Crippen LogP contribution in [0.1, 0.15) is 49.8 Å². The van der Waals surface area contributed by atoms with E-state index >= 15 is 0 Å². The molecule has 1 saturated heterocycles. The van der Waals surface area contributed by atoms with Gasteiger partial charge in [0.15, 0.2) is 0 Å². The lowest BCUT2D eigenvalue weighted by Gasteiger charge is -2.37. The van der Waals surface area contributed by atoms with E-state index in [2.05, 4.69) is 53.2 Å². The molecule has 0 saturated carbocycles. The van der Waals surface area contributed by atoms with Crippen molar-refractivity contribution in [2.45, 2.75) is 52.4 Å². The summed E-state index contributed by atoms with van der Waals surface area (Å²) in [5, 5.41) is 2.94. The first-order valence-corrected chi connectivity index (χ1v) is 12.3. The minimum absolute atomic E-state index is 0.0960.